The zero-order valence-corrected chi connectivity index (χ0v) is 19.7. The normalized spacial score (nSPS) is 13.8. The Labute approximate surface area is 199 Å². The lowest BCUT2D eigenvalue weighted by molar-refractivity contribution is -0.272. The zero-order valence-electron chi connectivity index (χ0n) is 17.4. The first kappa shape index (κ1) is 27.9. The third kappa shape index (κ3) is 7.18. The van der Waals surface area contributed by atoms with Crippen LogP contribution in [0.15, 0.2) is 35.6 Å². The average molecular weight is 577 g/mol. The molecule has 0 aliphatic carbocycles. The van der Waals surface area contributed by atoms with E-state index in [1.54, 1.807) is 6.92 Å². The number of aromatic nitrogens is 2. The van der Waals surface area contributed by atoms with Gasteiger partial charge in [-0.3, -0.25) is 4.99 Å². The van der Waals surface area contributed by atoms with Gasteiger partial charge in [-0.05, 0) is 19.1 Å². The lowest BCUT2D eigenvalue weighted by atomic mass is 9.98. The molecule has 1 aromatic carbocycles. The molecule has 3 N–H and O–H groups in total. The van der Waals surface area contributed by atoms with E-state index in [4.69, 9.17) is 4.74 Å². The number of aliphatic hydroxyl groups is 1. The van der Waals surface area contributed by atoms with Gasteiger partial charge in [0.25, 0.3) is 0 Å². The number of ether oxygens (including phenoxy) is 1. The molecule has 2 aromatic rings. The topological polar surface area (TPSA) is 83.7 Å². The molecule has 1 atom stereocenters. The molecule has 0 saturated carbocycles. The summed E-state index contributed by atoms with van der Waals surface area (Å²) in [6.07, 6.45) is -3.20. The Balaban J connectivity index is 0.00000512. The molecular formula is C19H25F5IN5O2. The van der Waals surface area contributed by atoms with Crippen molar-refractivity contribution in [2.75, 3.05) is 26.2 Å². The highest BCUT2D eigenvalue weighted by atomic mass is 127. The second-order valence-electron chi connectivity index (χ2n) is 6.58. The molecule has 180 valence electrons. The fourth-order valence-electron chi connectivity index (χ4n) is 2.74. The smallest absolute Gasteiger partial charge is 0.424 e. The monoisotopic (exact) mass is 577 g/mol. The summed E-state index contributed by atoms with van der Waals surface area (Å²) in [6, 6.07) is 2.90. The second kappa shape index (κ2) is 12.2. The number of aryl methyl sites for hydroxylation is 1. The molecule has 2 rings (SSSR count). The van der Waals surface area contributed by atoms with Crippen LogP contribution in [-0.4, -0.2) is 53.0 Å². The van der Waals surface area contributed by atoms with Gasteiger partial charge in [-0.1, -0.05) is 0 Å². The van der Waals surface area contributed by atoms with Crippen LogP contribution in [0.3, 0.4) is 0 Å². The first-order valence-corrected chi connectivity index (χ1v) is 9.45. The molecule has 0 spiro atoms. The maximum absolute atomic E-state index is 13.5. The summed E-state index contributed by atoms with van der Waals surface area (Å²) in [7, 11) is 1.36. The highest BCUT2D eigenvalue weighted by molar-refractivity contribution is 14.0. The van der Waals surface area contributed by atoms with Crippen molar-refractivity contribution in [2.45, 2.75) is 25.1 Å². The highest BCUT2D eigenvalue weighted by Gasteiger charge is 2.57. The quantitative estimate of drug-likeness (QED) is 0.140. The van der Waals surface area contributed by atoms with E-state index >= 15 is 0 Å². The molecule has 0 bridgehead atoms. The Morgan fingerprint density at radius 2 is 1.97 bits per heavy atom. The number of halogens is 6. The predicted molar refractivity (Wildman–Crippen MR) is 119 cm³/mol. The lowest BCUT2D eigenvalue weighted by Gasteiger charge is -2.29. The molecule has 32 heavy (non-hydrogen) atoms. The first-order chi connectivity index (χ1) is 14.6. The summed E-state index contributed by atoms with van der Waals surface area (Å²) in [5, 5.41) is 16.0. The van der Waals surface area contributed by atoms with Crippen LogP contribution in [0.25, 0.3) is 0 Å². The van der Waals surface area contributed by atoms with Crippen molar-refractivity contribution in [3.05, 3.63) is 48.1 Å². The van der Waals surface area contributed by atoms with Gasteiger partial charge in [-0.25, -0.2) is 13.8 Å². The van der Waals surface area contributed by atoms with Gasteiger partial charge < -0.3 is 25.0 Å². The molecule has 1 heterocycles. The Bertz CT molecular complexity index is 893. The summed E-state index contributed by atoms with van der Waals surface area (Å²) in [6.45, 7) is 1.98. The number of benzene rings is 1. The molecule has 0 aliphatic rings. The van der Waals surface area contributed by atoms with E-state index < -0.39 is 35.7 Å². The molecule has 0 saturated heterocycles. The number of imidazole rings is 1. The zero-order chi connectivity index (χ0) is 23.1. The molecular weight excluding hydrogens is 552 g/mol. The minimum absolute atomic E-state index is 0. The summed E-state index contributed by atoms with van der Waals surface area (Å²) in [5.41, 5.74) is -3.16. The fourth-order valence-corrected chi connectivity index (χ4v) is 2.74. The maximum atomic E-state index is 13.5. The molecule has 7 nitrogen and oxygen atoms in total. The first-order valence-electron chi connectivity index (χ1n) is 9.45. The number of hydrogen-bond donors (Lipinski definition) is 3. The van der Waals surface area contributed by atoms with Crippen LogP contribution in [-0.2, 0) is 12.6 Å². The molecule has 0 amide bonds. The van der Waals surface area contributed by atoms with Crippen molar-refractivity contribution in [3.8, 4) is 5.75 Å². The van der Waals surface area contributed by atoms with E-state index in [1.807, 2.05) is 0 Å². The maximum Gasteiger partial charge on any atom is 0.424 e. The lowest BCUT2D eigenvalue weighted by Crippen LogP contribution is -2.45. The summed E-state index contributed by atoms with van der Waals surface area (Å²) >= 11 is 0. The standard InChI is InChI=1S/C19H24F5N5O2.HI/c1-3-25-17(28-9-11-31-15-5-4-13(20)12-14(15)21)27-7-6-18(30,19(22,23)24)16-26-8-10-29(16)2;/h4-5,8,10,12,30H,3,6-7,9,11H2,1-2H3,(H2,25,27,28);1H. The van der Waals surface area contributed by atoms with Gasteiger partial charge in [0.15, 0.2) is 17.5 Å². The number of nitrogens with one attached hydrogen (secondary N) is 2. The summed E-state index contributed by atoms with van der Waals surface area (Å²) < 4.78 is 73.3. The van der Waals surface area contributed by atoms with Gasteiger partial charge in [0, 0.05) is 45.0 Å². The van der Waals surface area contributed by atoms with Crippen molar-refractivity contribution in [2.24, 2.45) is 12.0 Å². The third-order valence-corrected chi connectivity index (χ3v) is 4.29. The predicted octanol–water partition coefficient (Wildman–Crippen LogP) is 3.09. The van der Waals surface area contributed by atoms with Crippen molar-refractivity contribution in [3.63, 3.8) is 0 Å². The average Bonchev–Trinajstić information content (AvgIpc) is 3.12. The SMILES string of the molecule is CCNC(=NCCC(O)(c1nccn1C)C(F)(F)F)NCCOc1ccc(F)cc1F.I. The Kier molecular flexibility index (Phi) is 10.6. The molecule has 13 heteroatoms. The minimum Gasteiger partial charge on any atom is -0.489 e. The molecule has 0 aliphatic heterocycles. The molecule has 0 radical (unpaired) electrons. The number of rotatable bonds is 9. The van der Waals surface area contributed by atoms with Gasteiger partial charge in [-0.15, -0.1) is 24.0 Å². The van der Waals surface area contributed by atoms with Gasteiger partial charge >= 0.3 is 6.18 Å². The third-order valence-electron chi connectivity index (χ3n) is 4.29. The van der Waals surface area contributed by atoms with Gasteiger partial charge in [0.1, 0.15) is 18.2 Å². The molecule has 1 unspecified atom stereocenters. The van der Waals surface area contributed by atoms with Crippen molar-refractivity contribution in [1.82, 2.24) is 20.2 Å². The second-order valence-corrected chi connectivity index (χ2v) is 6.58. The van der Waals surface area contributed by atoms with Gasteiger partial charge in [0.05, 0.1) is 6.54 Å². The minimum atomic E-state index is -4.94. The highest BCUT2D eigenvalue weighted by Crippen LogP contribution is 2.40. The van der Waals surface area contributed by atoms with E-state index in [-0.39, 0.29) is 55.4 Å². The van der Waals surface area contributed by atoms with Crippen LogP contribution in [0.4, 0.5) is 22.0 Å². The molecule has 0 fully saturated rings. The van der Waals surface area contributed by atoms with Crippen molar-refractivity contribution >= 4 is 29.9 Å². The van der Waals surface area contributed by atoms with Crippen LogP contribution in [0, 0.1) is 11.6 Å². The summed E-state index contributed by atoms with van der Waals surface area (Å²) in [5.74, 6) is -2.04. The van der Waals surface area contributed by atoms with E-state index in [2.05, 4.69) is 20.6 Å². The Morgan fingerprint density at radius 1 is 1.25 bits per heavy atom. The Hall–Kier alpha value is -2.16. The number of nitrogens with zero attached hydrogens (tertiary/aromatic N) is 3. The van der Waals surface area contributed by atoms with E-state index in [0.717, 1.165) is 16.7 Å². The van der Waals surface area contributed by atoms with Crippen LogP contribution in [0.1, 0.15) is 19.2 Å². The number of guanidine groups is 1. The van der Waals surface area contributed by atoms with Crippen LogP contribution in [0.5, 0.6) is 5.75 Å². The van der Waals surface area contributed by atoms with E-state index in [1.165, 1.54) is 19.4 Å². The van der Waals surface area contributed by atoms with Crippen LogP contribution < -0.4 is 15.4 Å². The van der Waals surface area contributed by atoms with Gasteiger partial charge in [0.2, 0.25) is 5.60 Å². The van der Waals surface area contributed by atoms with E-state index in [9.17, 15) is 27.1 Å². The number of hydrogen-bond acceptors (Lipinski definition) is 4. The fraction of sp³-hybridized carbons (Fsp3) is 0.474. The number of aliphatic imine (C=N–C) groups is 1. The van der Waals surface area contributed by atoms with Crippen LogP contribution >= 0.6 is 24.0 Å². The van der Waals surface area contributed by atoms with Crippen LogP contribution in [0.2, 0.25) is 0 Å². The van der Waals surface area contributed by atoms with Crippen molar-refractivity contribution in [1.29, 1.82) is 0 Å². The van der Waals surface area contributed by atoms with Gasteiger partial charge in [-0.2, -0.15) is 13.2 Å². The largest absolute Gasteiger partial charge is 0.489 e. The van der Waals surface area contributed by atoms with E-state index in [0.29, 0.717) is 12.6 Å². The summed E-state index contributed by atoms with van der Waals surface area (Å²) in [4.78, 5) is 7.68. The number of alkyl halides is 3. The molecule has 1 aromatic heterocycles. The van der Waals surface area contributed by atoms with Crippen molar-refractivity contribution < 1.29 is 31.8 Å². The Morgan fingerprint density at radius 3 is 2.53 bits per heavy atom.